The number of amides is 2. The first-order valence-electron chi connectivity index (χ1n) is 9.57. The van der Waals surface area contributed by atoms with Crippen molar-refractivity contribution in [2.75, 3.05) is 19.6 Å². The van der Waals surface area contributed by atoms with E-state index in [1.54, 1.807) is 9.80 Å². The molecule has 1 saturated heterocycles. The van der Waals surface area contributed by atoms with Gasteiger partial charge in [-0.05, 0) is 24.0 Å². The Balaban J connectivity index is 1.76. The molecule has 146 valence electrons. The van der Waals surface area contributed by atoms with Gasteiger partial charge in [-0.1, -0.05) is 45.0 Å². The summed E-state index contributed by atoms with van der Waals surface area (Å²) in [5, 5.41) is 9.61. The van der Waals surface area contributed by atoms with Gasteiger partial charge in [-0.25, -0.2) is 0 Å². The summed E-state index contributed by atoms with van der Waals surface area (Å²) >= 11 is 0. The average Bonchev–Trinajstić information content (AvgIpc) is 2.65. The third-order valence-corrected chi connectivity index (χ3v) is 5.50. The van der Waals surface area contributed by atoms with Gasteiger partial charge in [0, 0.05) is 31.6 Å². The van der Waals surface area contributed by atoms with Crippen molar-refractivity contribution in [3.8, 4) is 0 Å². The molecule has 1 fully saturated rings. The van der Waals surface area contributed by atoms with Crippen LogP contribution in [-0.4, -0.2) is 52.3 Å². The largest absolute Gasteiger partial charge is 0.481 e. The van der Waals surface area contributed by atoms with Gasteiger partial charge >= 0.3 is 5.97 Å². The van der Waals surface area contributed by atoms with Crippen molar-refractivity contribution in [2.45, 2.75) is 46.1 Å². The minimum atomic E-state index is -0.909. The molecule has 0 aromatic heterocycles. The van der Waals surface area contributed by atoms with Gasteiger partial charge in [0.05, 0.1) is 11.8 Å². The van der Waals surface area contributed by atoms with Crippen molar-refractivity contribution in [1.82, 2.24) is 9.80 Å². The number of carbonyl (C=O) groups excluding carboxylic acids is 2. The van der Waals surface area contributed by atoms with Crippen LogP contribution in [0.15, 0.2) is 24.3 Å². The van der Waals surface area contributed by atoms with Crippen LogP contribution < -0.4 is 0 Å². The lowest BCUT2D eigenvalue weighted by molar-refractivity contribution is -0.146. The molecule has 2 heterocycles. The summed E-state index contributed by atoms with van der Waals surface area (Å²) in [7, 11) is 0. The van der Waals surface area contributed by atoms with Crippen LogP contribution in [0.5, 0.6) is 0 Å². The molecule has 0 bridgehead atoms. The molecule has 6 nitrogen and oxygen atoms in total. The number of benzene rings is 1. The van der Waals surface area contributed by atoms with Gasteiger partial charge in [0.15, 0.2) is 0 Å². The van der Waals surface area contributed by atoms with Crippen molar-refractivity contribution in [1.29, 1.82) is 0 Å². The van der Waals surface area contributed by atoms with Crippen LogP contribution in [0.2, 0.25) is 0 Å². The molecule has 27 heavy (non-hydrogen) atoms. The molecule has 2 atom stereocenters. The molecular weight excluding hydrogens is 344 g/mol. The van der Waals surface area contributed by atoms with E-state index in [-0.39, 0.29) is 24.3 Å². The molecule has 1 aromatic rings. The monoisotopic (exact) mass is 372 g/mol. The maximum absolute atomic E-state index is 13.1. The van der Waals surface area contributed by atoms with Crippen molar-refractivity contribution in [3.63, 3.8) is 0 Å². The van der Waals surface area contributed by atoms with Crippen molar-refractivity contribution >= 4 is 17.8 Å². The standard InChI is InChI=1S/C21H28N2O4/c1-21(2,3)20(27)22-10-6-8-15(12-22)18(24)23-11-14-7-4-5-9-16(14)17(13-23)19(25)26/h4-5,7,9,15,17H,6,8,10-13H2,1-3H3,(H,25,26). The molecule has 1 aromatic carbocycles. The highest BCUT2D eigenvalue weighted by atomic mass is 16.4. The lowest BCUT2D eigenvalue weighted by atomic mass is 9.87. The van der Waals surface area contributed by atoms with E-state index >= 15 is 0 Å². The van der Waals surface area contributed by atoms with E-state index in [0.717, 1.165) is 24.0 Å². The Kier molecular flexibility index (Phi) is 5.27. The fraction of sp³-hybridized carbons (Fsp3) is 0.571. The minimum Gasteiger partial charge on any atom is -0.481 e. The first kappa shape index (κ1) is 19.4. The number of hydrogen-bond acceptors (Lipinski definition) is 3. The predicted octanol–water partition coefficient (Wildman–Crippen LogP) is 2.48. The summed E-state index contributed by atoms with van der Waals surface area (Å²) in [6, 6.07) is 7.43. The minimum absolute atomic E-state index is 0.0397. The second kappa shape index (κ2) is 7.33. The van der Waals surface area contributed by atoms with Gasteiger partial charge in [-0.2, -0.15) is 0 Å². The molecule has 2 aliphatic rings. The molecule has 2 unspecified atom stereocenters. The van der Waals surface area contributed by atoms with Gasteiger partial charge in [0.2, 0.25) is 11.8 Å². The van der Waals surface area contributed by atoms with E-state index in [2.05, 4.69) is 0 Å². The summed E-state index contributed by atoms with van der Waals surface area (Å²) < 4.78 is 0. The smallest absolute Gasteiger partial charge is 0.312 e. The van der Waals surface area contributed by atoms with E-state index in [4.69, 9.17) is 0 Å². The Morgan fingerprint density at radius 2 is 1.78 bits per heavy atom. The molecule has 1 N–H and O–H groups in total. The second-order valence-electron chi connectivity index (χ2n) is 8.65. The predicted molar refractivity (Wildman–Crippen MR) is 101 cm³/mol. The molecule has 2 aliphatic heterocycles. The van der Waals surface area contributed by atoms with Crippen LogP contribution in [-0.2, 0) is 20.9 Å². The quantitative estimate of drug-likeness (QED) is 0.865. The number of carboxylic acids is 1. The summed E-state index contributed by atoms with van der Waals surface area (Å²) in [5.74, 6) is -1.85. The second-order valence-corrected chi connectivity index (χ2v) is 8.65. The van der Waals surface area contributed by atoms with E-state index in [1.165, 1.54) is 0 Å². The number of rotatable bonds is 2. The van der Waals surface area contributed by atoms with Crippen LogP contribution in [0.25, 0.3) is 0 Å². The third-order valence-electron chi connectivity index (χ3n) is 5.50. The van der Waals surface area contributed by atoms with Crippen molar-refractivity contribution in [3.05, 3.63) is 35.4 Å². The van der Waals surface area contributed by atoms with Gasteiger partial charge in [0.1, 0.15) is 0 Å². The zero-order chi connectivity index (χ0) is 19.8. The highest BCUT2D eigenvalue weighted by Gasteiger charge is 2.38. The van der Waals surface area contributed by atoms with Gasteiger partial charge in [0.25, 0.3) is 0 Å². The third kappa shape index (κ3) is 3.99. The van der Waals surface area contributed by atoms with E-state index in [1.807, 2.05) is 45.0 Å². The zero-order valence-electron chi connectivity index (χ0n) is 16.3. The molecule has 0 aliphatic carbocycles. The first-order valence-corrected chi connectivity index (χ1v) is 9.57. The average molecular weight is 372 g/mol. The van der Waals surface area contributed by atoms with E-state index in [0.29, 0.717) is 19.6 Å². The molecule has 2 amide bonds. The first-order chi connectivity index (χ1) is 12.7. The summed E-state index contributed by atoms with van der Waals surface area (Å²) in [4.78, 5) is 40.9. The number of fused-ring (bicyclic) bond motifs is 1. The van der Waals surface area contributed by atoms with Crippen LogP contribution in [0.1, 0.15) is 50.7 Å². The maximum atomic E-state index is 13.1. The van der Waals surface area contributed by atoms with Crippen LogP contribution >= 0.6 is 0 Å². The number of hydrogen-bond donors (Lipinski definition) is 1. The zero-order valence-corrected chi connectivity index (χ0v) is 16.3. The highest BCUT2D eigenvalue weighted by Crippen LogP contribution is 2.31. The number of aliphatic carboxylic acids is 1. The van der Waals surface area contributed by atoms with E-state index in [9.17, 15) is 19.5 Å². The Hall–Kier alpha value is -2.37. The summed E-state index contributed by atoms with van der Waals surface area (Å²) in [6.07, 6.45) is 1.54. The molecule has 6 heteroatoms. The highest BCUT2D eigenvalue weighted by molar-refractivity contribution is 5.85. The number of likely N-dealkylation sites (tertiary alicyclic amines) is 1. The molecule has 0 saturated carbocycles. The molecule has 3 rings (SSSR count). The number of carbonyl (C=O) groups is 3. The molecule has 0 radical (unpaired) electrons. The van der Waals surface area contributed by atoms with Crippen molar-refractivity contribution < 1.29 is 19.5 Å². The SMILES string of the molecule is CC(C)(C)C(=O)N1CCCC(C(=O)N2Cc3ccccc3C(C(=O)O)C2)C1. The Morgan fingerprint density at radius 1 is 1.07 bits per heavy atom. The topological polar surface area (TPSA) is 77.9 Å². The van der Waals surface area contributed by atoms with Crippen LogP contribution in [0.3, 0.4) is 0 Å². The van der Waals surface area contributed by atoms with Crippen molar-refractivity contribution in [2.24, 2.45) is 11.3 Å². The summed E-state index contributed by atoms with van der Waals surface area (Å²) in [6.45, 7) is 7.39. The number of piperidine rings is 1. The Morgan fingerprint density at radius 3 is 2.44 bits per heavy atom. The maximum Gasteiger partial charge on any atom is 0.312 e. The normalized spacial score (nSPS) is 22.9. The van der Waals surface area contributed by atoms with Crippen LogP contribution in [0.4, 0.5) is 0 Å². The fourth-order valence-electron chi connectivity index (χ4n) is 4.08. The number of nitrogens with zero attached hydrogens (tertiary/aromatic N) is 2. The van der Waals surface area contributed by atoms with Gasteiger partial charge < -0.3 is 14.9 Å². The lowest BCUT2D eigenvalue weighted by Crippen LogP contribution is -2.50. The Bertz CT molecular complexity index is 753. The lowest BCUT2D eigenvalue weighted by Gasteiger charge is -2.39. The number of carboxylic acid groups (broad SMARTS) is 1. The van der Waals surface area contributed by atoms with E-state index < -0.39 is 17.3 Å². The summed E-state index contributed by atoms with van der Waals surface area (Å²) in [5.41, 5.74) is 1.22. The van der Waals surface area contributed by atoms with Gasteiger partial charge in [-0.3, -0.25) is 14.4 Å². The Labute approximate surface area is 160 Å². The van der Waals surface area contributed by atoms with Crippen LogP contribution in [0, 0.1) is 11.3 Å². The fourth-order valence-corrected chi connectivity index (χ4v) is 4.08. The van der Waals surface area contributed by atoms with Gasteiger partial charge in [-0.15, -0.1) is 0 Å². The molecular formula is C21H28N2O4. The molecule has 0 spiro atoms.